The highest BCUT2D eigenvalue weighted by Crippen LogP contribution is 2.22. The smallest absolute Gasteiger partial charge is 0.147 e. The molecule has 0 fully saturated rings. The number of ether oxygens (including phenoxy) is 1. The van der Waals surface area contributed by atoms with E-state index in [0.29, 0.717) is 28.6 Å². The molecule has 0 aromatic heterocycles. The molecule has 0 spiro atoms. The fraction of sp³-hybridized carbons (Fsp3) is 0.133. The highest BCUT2D eigenvalue weighted by atomic mass is 35.5. The molecule has 0 saturated carbocycles. The molecular weight excluding hydrogens is 279 g/mol. The van der Waals surface area contributed by atoms with Crippen molar-refractivity contribution in [2.24, 2.45) is 0 Å². The van der Waals surface area contributed by atoms with E-state index in [2.05, 4.69) is 11.4 Å². The monoisotopic (exact) mass is 290 g/mol. The summed E-state index contributed by atoms with van der Waals surface area (Å²) < 4.78 is 18.7. The average molecular weight is 291 g/mol. The van der Waals surface area contributed by atoms with Gasteiger partial charge < -0.3 is 10.1 Å². The van der Waals surface area contributed by atoms with Gasteiger partial charge in [0.05, 0.1) is 18.4 Å². The number of halogens is 2. The first-order chi connectivity index (χ1) is 9.63. The summed E-state index contributed by atoms with van der Waals surface area (Å²) in [5.41, 5.74) is 1.67. The Kier molecular flexibility index (Phi) is 4.44. The van der Waals surface area contributed by atoms with E-state index in [0.717, 1.165) is 5.56 Å². The van der Waals surface area contributed by atoms with Gasteiger partial charge in [-0.3, -0.25) is 0 Å². The molecule has 20 heavy (non-hydrogen) atoms. The SMILES string of the molecule is COc1ccc(CNc2ccc(Cl)cc2F)cc1C#N. The Balaban J connectivity index is 2.13. The minimum atomic E-state index is -0.411. The summed E-state index contributed by atoms with van der Waals surface area (Å²) in [5.74, 6) is 0.112. The van der Waals surface area contributed by atoms with Crippen LogP contribution in [-0.4, -0.2) is 7.11 Å². The lowest BCUT2D eigenvalue weighted by molar-refractivity contribution is 0.413. The maximum absolute atomic E-state index is 13.6. The first kappa shape index (κ1) is 14.2. The Morgan fingerprint density at radius 2 is 2.10 bits per heavy atom. The highest BCUT2D eigenvalue weighted by Gasteiger charge is 2.05. The third-order valence-electron chi connectivity index (χ3n) is 2.80. The minimum Gasteiger partial charge on any atom is -0.495 e. The van der Waals surface area contributed by atoms with Crippen LogP contribution in [0.15, 0.2) is 36.4 Å². The number of nitriles is 1. The second kappa shape index (κ2) is 6.27. The summed E-state index contributed by atoms with van der Waals surface area (Å²) in [6.45, 7) is 0.400. The van der Waals surface area contributed by atoms with Gasteiger partial charge in [0.1, 0.15) is 17.6 Å². The molecule has 3 nitrogen and oxygen atoms in total. The van der Waals surface area contributed by atoms with Crippen LogP contribution in [0.3, 0.4) is 0 Å². The molecule has 2 aromatic carbocycles. The van der Waals surface area contributed by atoms with Gasteiger partial charge in [-0.1, -0.05) is 17.7 Å². The average Bonchev–Trinajstić information content (AvgIpc) is 2.46. The van der Waals surface area contributed by atoms with Crippen LogP contribution < -0.4 is 10.1 Å². The normalized spacial score (nSPS) is 9.90. The largest absolute Gasteiger partial charge is 0.495 e. The molecule has 0 heterocycles. The van der Waals surface area contributed by atoms with Gasteiger partial charge in [0.2, 0.25) is 0 Å². The van der Waals surface area contributed by atoms with Gasteiger partial charge in [-0.25, -0.2) is 4.39 Å². The van der Waals surface area contributed by atoms with Crippen LogP contribution in [0.1, 0.15) is 11.1 Å². The van der Waals surface area contributed by atoms with Crippen molar-refractivity contribution in [2.75, 3.05) is 12.4 Å². The molecule has 2 aromatic rings. The minimum absolute atomic E-state index is 0.351. The van der Waals surface area contributed by atoms with Crippen molar-refractivity contribution in [1.29, 1.82) is 5.26 Å². The Labute approximate surface area is 121 Å². The van der Waals surface area contributed by atoms with Crippen LogP contribution in [0.5, 0.6) is 5.75 Å². The number of anilines is 1. The van der Waals surface area contributed by atoms with Crippen molar-refractivity contribution in [3.05, 3.63) is 58.4 Å². The summed E-state index contributed by atoms with van der Waals surface area (Å²) in [5, 5.41) is 12.3. The molecule has 1 N–H and O–H groups in total. The summed E-state index contributed by atoms with van der Waals surface area (Å²) in [4.78, 5) is 0. The van der Waals surface area contributed by atoms with E-state index in [4.69, 9.17) is 21.6 Å². The van der Waals surface area contributed by atoms with E-state index in [1.165, 1.54) is 13.2 Å². The van der Waals surface area contributed by atoms with Crippen molar-refractivity contribution < 1.29 is 9.13 Å². The van der Waals surface area contributed by atoms with Gasteiger partial charge in [0.15, 0.2) is 0 Å². The molecular formula is C15H12ClFN2O. The maximum Gasteiger partial charge on any atom is 0.147 e. The third-order valence-corrected chi connectivity index (χ3v) is 3.03. The van der Waals surface area contributed by atoms with Crippen LogP contribution >= 0.6 is 11.6 Å². The van der Waals surface area contributed by atoms with Gasteiger partial charge in [-0.15, -0.1) is 0 Å². The van der Waals surface area contributed by atoms with Crippen molar-refractivity contribution in [3.8, 4) is 11.8 Å². The lowest BCUT2D eigenvalue weighted by Crippen LogP contribution is -2.02. The summed E-state index contributed by atoms with van der Waals surface area (Å²) in [6, 6.07) is 11.7. The maximum atomic E-state index is 13.6. The molecule has 2 rings (SSSR count). The number of hydrogen-bond donors (Lipinski definition) is 1. The van der Waals surface area contributed by atoms with E-state index < -0.39 is 5.82 Å². The van der Waals surface area contributed by atoms with E-state index in [1.807, 2.05) is 6.07 Å². The molecule has 0 radical (unpaired) electrons. The van der Waals surface area contributed by atoms with Gasteiger partial charge in [0.25, 0.3) is 0 Å². The highest BCUT2D eigenvalue weighted by molar-refractivity contribution is 6.30. The Morgan fingerprint density at radius 1 is 1.30 bits per heavy atom. The van der Waals surface area contributed by atoms with Gasteiger partial charge in [0, 0.05) is 11.6 Å². The fourth-order valence-corrected chi connectivity index (χ4v) is 1.94. The van der Waals surface area contributed by atoms with Crippen molar-refractivity contribution in [1.82, 2.24) is 0 Å². The van der Waals surface area contributed by atoms with Gasteiger partial charge >= 0.3 is 0 Å². The zero-order valence-corrected chi connectivity index (χ0v) is 11.5. The van der Waals surface area contributed by atoms with Crippen LogP contribution in [-0.2, 0) is 6.54 Å². The van der Waals surface area contributed by atoms with E-state index in [1.54, 1.807) is 24.3 Å². The number of hydrogen-bond acceptors (Lipinski definition) is 3. The number of benzene rings is 2. The van der Waals surface area contributed by atoms with Crippen LogP contribution in [0.25, 0.3) is 0 Å². The quantitative estimate of drug-likeness (QED) is 0.926. The van der Waals surface area contributed by atoms with E-state index >= 15 is 0 Å². The number of nitrogens with one attached hydrogen (secondary N) is 1. The summed E-state index contributed by atoms with van der Waals surface area (Å²) in [6.07, 6.45) is 0. The van der Waals surface area contributed by atoms with Crippen LogP contribution in [0.2, 0.25) is 5.02 Å². The van der Waals surface area contributed by atoms with Gasteiger partial charge in [-0.2, -0.15) is 5.26 Å². The van der Waals surface area contributed by atoms with E-state index in [-0.39, 0.29) is 0 Å². The predicted molar refractivity (Wildman–Crippen MR) is 76.4 cm³/mol. The second-order valence-corrected chi connectivity index (χ2v) is 4.56. The second-order valence-electron chi connectivity index (χ2n) is 4.12. The molecule has 0 amide bonds. The zero-order valence-electron chi connectivity index (χ0n) is 10.8. The molecule has 0 saturated heterocycles. The summed E-state index contributed by atoms with van der Waals surface area (Å²) >= 11 is 5.69. The fourth-order valence-electron chi connectivity index (χ4n) is 1.78. The number of nitrogens with zero attached hydrogens (tertiary/aromatic N) is 1. The number of methoxy groups -OCH3 is 1. The Hall–Kier alpha value is -2.25. The molecule has 0 aliphatic rings. The first-order valence-electron chi connectivity index (χ1n) is 5.90. The third kappa shape index (κ3) is 3.19. The first-order valence-corrected chi connectivity index (χ1v) is 6.28. The molecule has 5 heteroatoms. The Morgan fingerprint density at radius 3 is 2.75 bits per heavy atom. The lowest BCUT2D eigenvalue weighted by atomic mass is 10.1. The van der Waals surface area contributed by atoms with Gasteiger partial charge in [-0.05, 0) is 35.9 Å². The predicted octanol–water partition coefficient (Wildman–Crippen LogP) is 3.97. The van der Waals surface area contributed by atoms with Crippen LogP contribution in [0, 0.1) is 17.1 Å². The number of rotatable bonds is 4. The molecule has 102 valence electrons. The molecule has 0 unspecified atom stereocenters. The van der Waals surface area contributed by atoms with Crippen molar-refractivity contribution >= 4 is 17.3 Å². The molecule has 0 aliphatic heterocycles. The summed E-state index contributed by atoms with van der Waals surface area (Å²) in [7, 11) is 1.51. The molecule has 0 bridgehead atoms. The topological polar surface area (TPSA) is 45.0 Å². The molecule has 0 atom stereocenters. The van der Waals surface area contributed by atoms with Crippen molar-refractivity contribution in [3.63, 3.8) is 0 Å². The van der Waals surface area contributed by atoms with Crippen molar-refractivity contribution in [2.45, 2.75) is 6.54 Å². The zero-order chi connectivity index (χ0) is 14.5. The molecule has 0 aliphatic carbocycles. The Bertz CT molecular complexity index is 667. The lowest BCUT2D eigenvalue weighted by Gasteiger charge is -2.09. The standard InChI is InChI=1S/C15H12ClFN2O/c1-20-15-5-2-10(6-11(15)8-18)9-19-14-4-3-12(16)7-13(14)17/h2-7,19H,9H2,1H3. The van der Waals surface area contributed by atoms with Crippen LogP contribution in [0.4, 0.5) is 10.1 Å². The van der Waals surface area contributed by atoms with E-state index in [9.17, 15) is 4.39 Å².